The van der Waals surface area contributed by atoms with Crippen molar-refractivity contribution in [3.05, 3.63) is 0 Å². The molecule has 1 saturated heterocycles. The Kier molecular flexibility index (Phi) is 5.97. The lowest BCUT2D eigenvalue weighted by Crippen LogP contribution is -2.51. The number of methoxy groups -OCH3 is 2. The standard InChI is InChI=1S/C10H19NO4Si/c1-4-15-9(12)8(10(13-2)14-3)11-6-5-7-16-11/h8,10H,4-7H2,1-3H3. The maximum atomic E-state index is 11.9. The Labute approximate surface area is 98.9 Å². The largest absolute Gasteiger partial charge is 0.465 e. The molecule has 1 aliphatic rings. The highest BCUT2D eigenvalue weighted by Crippen LogP contribution is 2.16. The van der Waals surface area contributed by atoms with Crippen molar-refractivity contribution in [1.29, 1.82) is 0 Å². The first-order valence-electron chi connectivity index (χ1n) is 5.47. The van der Waals surface area contributed by atoms with Crippen LogP contribution in [0.15, 0.2) is 0 Å². The zero-order valence-corrected chi connectivity index (χ0v) is 11.1. The Balaban J connectivity index is 2.70. The molecule has 5 nitrogen and oxygen atoms in total. The Morgan fingerprint density at radius 3 is 2.56 bits per heavy atom. The molecular weight excluding hydrogens is 226 g/mol. The van der Waals surface area contributed by atoms with E-state index in [-0.39, 0.29) is 5.97 Å². The van der Waals surface area contributed by atoms with Crippen LogP contribution in [0.4, 0.5) is 0 Å². The van der Waals surface area contributed by atoms with Crippen LogP contribution in [0.1, 0.15) is 13.3 Å². The van der Waals surface area contributed by atoms with Gasteiger partial charge in [0.05, 0.1) is 6.61 Å². The zero-order chi connectivity index (χ0) is 12.0. The Morgan fingerprint density at radius 2 is 2.12 bits per heavy atom. The second kappa shape index (κ2) is 7.00. The SMILES string of the molecule is CCOC(=O)C(C(OC)OC)N1CCC[Si]1. The van der Waals surface area contributed by atoms with Gasteiger partial charge in [-0.1, -0.05) is 0 Å². The number of carbonyl (C=O) groups is 1. The van der Waals surface area contributed by atoms with E-state index in [4.69, 9.17) is 14.2 Å². The summed E-state index contributed by atoms with van der Waals surface area (Å²) in [4.78, 5) is 11.9. The molecule has 0 amide bonds. The first-order valence-corrected chi connectivity index (χ1v) is 6.62. The molecule has 2 radical (unpaired) electrons. The van der Waals surface area contributed by atoms with Gasteiger partial charge in [-0.3, -0.25) is 4.79 Å². The van der Waals surface area contributed by atoms with E-state index in [0.717, 1.165) is 19.0 Å². The minimum atomic E-state index is -0.551. The average Bonchev–Trinajstić information content (AvgIpc) is 2.78. The number of ether oxygens (including phenoxy) is 3. The Morgan fingerprint density at radius 1 is 1.44 bits per heavy atom. The molecular formula is C10H19NO4Si. The van der Waals surface area contributed by atoms with Gasteiger partial charge < -0.3 is 18.8 Å². The van der Waals surface area contributed by atoms with Gasteiger partial charge in [-0.2, -0.15) is 0 Å². The van der Waals surface area contributed by atoms with Crippen molar-refractivity contribution in [1.82, 2.24) is 4.57 Å². The van der Waals surface area contributed by atoms with E-state index in [0.29, 0.717) is 16.3 Å². The summed E-state index contributed by atoms with van der Waals surface area (Å²) in [5, 5.41) is 0. The van der Waals surface area contributed by atoms with Crippen LogP contribution in [-0.2, 0) is 19.0 Å². The van der Waals surface area contributed by atoms with Crippen LogP contribution in [0.25, 0.3) is 0 Å². The lowest BCUT2D eigenvalue weighted by Gasteiger charge is -2.30. The second-order valence-electron chi connectivity index (χ2n) is 3.49. The zero-order valence-electron chi connectivity index (χ0n) is 10.1. The van der Waals surface area contributed by atoms with Crippen LogP contribution in [0, 0.1) is 0 Å². The number of nitrogens with zero attached hydrogens (tertiary/aromatic N) is 1. The average molecular weight is 245 g/mol. The molecule has 1 heterocycles. The van der Waals surface area contributed by atoms with Gasteiger partial charge in [-0.25, -0.2) is 0 Å². The van der Waals surface area contributed by atoms with Gasteiger partial charge in [0.2, 0.25) is 0 Å². The molecule has 0 spiro atoms. The fraction of sp³-hybridized carbons (Fsp3) is 0.900. The number of hydrogen-bond acceptors (Lipinski definition) is 5. The summed E-state index contributed by atoms with van der Waals surface area (Å²) in [6.45, 7) is 3.09. The van der Waals surface area contributed by atoms with Gasteiger partial charge >= 0.3 is 5.97 Å². The summed E-state index contributed by atoms with van der Waals surface area (Å²) in [5.74, 6) is -0.259. The van der Waals surface area contributed by atoms with E-state index in [9.17, 15) is 4.79 Å². The molecule has 1 atom stereocenters. The van der Waals surface area contributed by atoms with Crippen molar-refractivity contribution in [2.45, 2.75) is 31.7 Å². The van der Waals surface area contributed by atoms with Crippen molar-refractivity contribution in [2.75, 3.05) is 27.4 Å². The van der Waals surface area contributed by atoms with Crippen molar-refractivity contribution in [3.8, 4) is 0 Å². The fourth-order valence-electron chi connectivity index (χ4n) is 1.76. The topological polar surface area (TPSA) is 48.0 Å². The van der Waals surface area contributed by atoms with E-state index < -0.39 is 12.3 Å². The summed E-state index contributed by atoms with van der Waals surface area (Å²) in [7, 11) is 3.73. The van der Waals surface area contributed by atoms with Gasteiger partial charge in [0.15, 0.2) is 12.3 Å². The maximum absolute atomic E-state index is 11.9. The van der Waals surface area contributed by atoms with Crippen LogP contribution in [-0.4, -0.2) is 59.9 Å². The summed E-state index contributed by atoms with van der Waals surface area (Å²) in [5.41, 5.74) is 0. The second-order valence-corrected chi connectivity index (χ2v) is 4.88. The van der Waals surface area contributed by atoms with Crippen LogP contribution < -0.4 is 0 Å². The minimum Gasteiger partial charge on any atom is -0.465 e. The van der Waals surface area contributed by atoms with Crippen molar-refractivity contribution >= 4 is 15.7 Å². The van der Waals surface area contributed by atoms with Crippen molar-refractivity contribution < 1.29 is 19.0 Å². The van der Waals surface area contributed by atoms with Crippen LogP contribution >= 0.6 is 0 Å². The first kappa shape index (κ1) is 13.6. The molecule has 92 valence electrons. The highest BCUT2D eigenvalue weighted by molar-refractivity contribution is 6.33. The number of rotatable bonds is 6. The minimum absolute atomic E-state index is 0.259. The Bertz CT molecular complexity index is 215. The van der Waals surface area contributed by atoms with E-state index in [1.807, 2.05) is 0 Å². The molecule has 1 rings (SSSR count). The van der Waals surface area contributed by atoms with E-state index >= 15 is 0 Å². The quantitative estimate of drug-likeness (QED) is 0.382. The highest BCUT2D eigenvalue weighted by Gasteiger charge is 2.36. The third-order valence-corrected chi connectivity index (χ3v) is 3.96. The molecule has 0 saturated carbocycles. The maximum Gasteiger partial charge on any atom is 0.328 e. The molecule has 1 aliphatic heterocycles. The molecule has 1 unspecified atom stereocenters. The molecule has 6 heteroatoms. The third kappa shape index (κ3) is 3.28. The molecule has 0 aliphatic carbocycles. The predicted molar refractivity (Wildman–Crippen MR) is 60.1 cm³/mol. The monoisotopic (exact) mass is 245 g/mol. The summed E-state index contributed by atoms with van der Waals surface area (Å²) in [6.07, 6.45) is 0.568. The summed E-state index contributed by atoms with van der Waals surface area (Å²) >= 11 is 0. The smallest absolute Gasteiger partial charge is 0.328 e. The lowest BCUT2D eigenvalue weighted by molar-refractivity contribution is -0.174. The van der Waals surface area contributed by atoms with Gasteiger partial charge in [-0.15, -0.1) is 0 Å². The fourth-order valence-corrected chi connectivity index (χ4v) is 3.10. The number of carbonyl (C=O) groups excluding carboxylic acids is 1. The third-order valence-electron chi connectivity index (χ3n) is 2.48. The molecule has 1 fully saturated rings. The van der Waals surface area contributed by atoms with Gasteiger partial charge in [0.1, 0.15) is 9.68 Å². The predicted octanol–water partition coefficient (Wildman–Crippen LogP) is 0.280. The molecule has 0 aromatic carbocycles. The molecule has 16 heavy (non-hydrogen) atoms. The first-order chi connectivity index (χ1) is 7.74. The number of esters is 1. The van der Waals surface area contributed by atoms with Gasteiger partial charge in [0, 0.05) is 14.2 Å². The summed E-state index contributed by atoms with van der Waals surface area (Å²) < 4.78 is 17.5. The van der Waals surface area contributed by atoms with Crippen LogP contribution in [0.3, 0.4) is 0 Å². The van der Waals surface area contributed by atoms with Crippen LogP contribution in [0.2, 0.25) is 6.04 Å². The molecule has 0 aromatic rings. The van der Waals surface area contributed by atoms with Crippen LogP contribution in [0.5, 0.6) is 0 Å². The van der Waals surface area contributed by atoms with E-state index in [1.54, 1.807) is 21.1 Å². The highest BCUT2D eigenvalue weighted by atomic mass is 28.2. The van der Waals surface area contributed by atoms with E-state index in [1.165, 1.54) is 0 Å². The molecule has 0 aromatic heterocycles. The van der Waals surface area contributed by atoms with Crippen molar-refractivity contribution in [3.63, 3.8) is 0 Å². The number of hydrogen-bond donors (Lipinski definition) is 0. The lowest BCUT2D eigenvalue weighted by atomic mass is 10.2. The van der Waals surface area contributed by atoms with Crippen molar-refractivity contribution in [2.24, 2.45) is 0 Å². The Hall–Kier alpha value is -0.433. The van der Waals surface area contributed by atoms with Gasteiger partial charge in [-0.05, 0) is 25.9 Å². The van der Waals surface area contributed by atoms with E-state index in [2.05, 4.69) is 4.57 Å². The molecule has 0 N–H and O–H groups in total. The molecule has 0 bridgehead atoms. The normalized spacial score (nSPS) is 19.0. The summed E-state index contributed by atoms with van der Waals surface area (Å²) in [6, 6.07) is 0.701. The van der Waals surface area contributed by atoms with Gasteiger partial charge in [0.25, 0.3) is 0 Å².